The topological polar surface area (TPSA) is 71.3 Å². The van der Waals surface area contributed by atoms with Gasteiger partial charge in [0, 0.05) is 11.1 Å². The SMILES string of the molecule is COc1cccc(C=C(C#N)C(=O)NC(C)c2ccccc2)c1OCc1c(F)cccc1Cl. The number of benzene rings is 3. The molecule has 0 aromatic heterocycles. The number of nitrogens with zero attached hydrogens (tertiary/aromatic N) is 1. The van der Waals surface area contributed by atoms with Crippen LogP contribution in [0.1, 0.15) is 29.7 Å². The molecule has 0 saturated heterocycles. The average molecular weight is 465 g/mol. The fourth-order valence-electron chi connectivity index (χ4n) is 3.18. The molecule has 3 rings (SSSR count). The molecular formula is C26H22ClFN2O3. The molecule has 3 aromatic carbocycles. The van der Waals surface area contributed by atoms with Gasteiger partial charge in [0.2, 0.25) is 0 Å². The lowest BCUT2D eigenvalue weighted by Crippen LogP contribution is -2.27. The highest BCUT2D eigenvalue weighted by molar-refractivity contribution is 6.31. The van der Waals surface area contributed by atoms with Gasteiger partial charge in [-0.05, 0) is 36.8 Å². The maximum Gasteiger partial charge on any atom is 0.262 e. The van der Waals surface area contributed by atoms with Gasteiger partial charge in [-0.3, -0.25) is 4.79 Å². The predicted molar refractivity (Wildman–Crippen MR) is 125 cm³/mol. The van der Waals surface area contributed by atoms with Gasteiger partial charge in [-0.25, -0.2) is 4.39 Å². The molecule has 0 fully saturated rings. The first-order chi connectivity index (χ1) is 15.9. The Morgan fingerprint density at radius 2 is 1.88 bits per heavy atom. The Labute approximate surface area is 197 Å². The average Bonchev–Trinajstić information content (AvgIpc) is 2.83. The summed E-state index contributed by atoms with van der Waals surface area (Å²) in [7, 11) is 1.46. The molecule has 0 spiro atoms. The highest BCUT2D eigenvalue weighted by Crippen LogP contribution is 2.34. The van der Waals surface area contributed by atoms with Crippen LogP contribution in [0.5, 0.6) is 11.5 Å². The maximum absolute atomic E-state index is 14.2. The molecule has 7 heteroatoms. The van der Waals surface area contributed by atoms with Crippen LogP contribution in [0.2, 0.25) is 5.02 Å². The summed E-state index contributed by atoms with van der Waals surface area (Å²) in [5, 5.41) is 12.7. The van der Waals surface area contributed by atoms with Gasteiger partial charge < -0.3 is 14.8 Å². The minimum Gasteiger partial charge on any atom is -0.493 e. The third kappa shape index (κ3) is 5.91. The van der Waals surface area contributed by atoms with Crippen LogP contribution >= 0.6 is 11.6 Å². The Balaban J connectivity index is 1.88. The lowest BCUT2D eigenvalue weighted by atomic mass is 10.1. The number of halogens is 2. The van der Waals surface area contributed by atoms with Crippen molar-refractivity contribution in [2.75, 3.05) is 7.11 Å². The zero-order valence-corrected chi connectivity index (χ0v) is 18.9. The third-order valence-corrected chi connectivity index (χ3v) is 5.32. The van der Waals surface area contributed by atoms with Crippen molar-refractivity contribution in [3.05, 3.63) is 99.8 Å². The molecule has 0 radical (unpaired) electrons. The van der Waals surface area contributed by atoms with Gasteiger partial charge >= 0.3 is 0 Å². The Morgan fingerprint density at radius 1 is 1.15 bits per heavy atom. The van der Waals surface area contributed by atoms with E-state index in [-0.39, 0.29) is 34.6 Å². The molecule has 168 valence electrons. The minimum atomic E-state index is -0.528. The molecule has 0 heterocycles. The van der Waals surface area contributed by atoms with Crippen molar-refractivity contribution in [3.8, 4) is 17.6 Å². The van der Waals surface area contributed by atoms with Crippen LogP contribution in [0, 0.1) is 17.1 Å². The molecule has 0 aliphatic heterocycles. The van der Waals surface area contributed by atoms with Crippen LogP contribution in [0.15, 0.2) is 72.3 Å². The normalized spacial score (nSPS) is 11.9. The van der Waals surface area contributed by atoms with Crippen LogP contribution in [-0.4, -0.2) is 13.0 Å². The van der Waals surface area contributed by atoms with Crippen molar-refractivity contribution in [1.82, 2.24) is 5.32 Å². The van der Waals surface area contributed by atoms with Gasteiger partial charge in [0.25, 0.3) is 5.91 Å². The molecule has 3 aromatic rings. The number of carbonyl (C=O) groups is 1. The number of nitrogens with one attached hydrogen (secondary N) is 1. The van der Waals surface area contributed by atoms with Crippen LogP contribution < -0.4 is 14.8 Å². The molecule has 0 bridgehead atoms. The van der Waals surface area contributed by atoms with Gasteiger partial charge in [-0.2, -0.15) is 5.26 Å². The number of rotatable bonds is 8. The Kier molecular flexibility index (Phi) is 8.06. The van der Waals surface area contributed by atoms with E-state index in [9.17, 15) is 14.4 Å². The van der Waals surface area contributed by atoms with Gasteiger partial charge in [-0.15, -0.1) is 0 Å². The smallest absolute Gasteiger partial charge is 0.262 e. The van der Waals surface area contributed by atoms with Crippen molar-refractivity contribution in [1.29, 1.82) is 5.26 Å². The fourth-order valence-corrected chi connectivity index (χ4v) is 3.40. The maximum atomic E-state index is 14.2. The van der Waals surface area contributed by atoms with Crippen molar-refractivity contribution in [2.24, 2.45) is 0 Å². The van der Waals surface area contributed by atoms with Crippen molar-refractivity contribution in [3.63, 3.8) is 0 Å². The summed E-state index contributed by atoms with van der Waals surface area (Å²) >= 11 is 6.10. The molecule has 0 aliphatic carbocycles. The van der Waals surface area contributed by atoms with E-state index in [1.54, 1.807) is 24.3 Å². The molecule has 0 saturated carbocycles. The first kappa shape index (κ1) is 23.8. The fraction of sp³-hybridized carbons (Fsp3) is 0.154. The molecule has 5 nitrogen and oxygen atoms in total. The van der Waals surface area contributed by atoms with E-state index in [0.29, 0.717) is 11.3 Å². The lowest BCUT2D eigenvalue weighted by Gasteiger charge is -2.16. The third-order valence-electron chi connectivity index (χ3n) is 4.96. The summed E-state index contributed by atoms with van der Waals surface area (Å²) in [6.07, 6.45) is 1.41. The van der Waals surface area contributed by atoms with Gasteiger partial charge in [0.1, 0.15) is 24.1 Å². The lowest BCUT2D eigenvalue weighted by molar-refractivity contribution is -0.117. The number of amides is 1. The van der Waals surface area contributed by atoms with E-state index in [1.807, 2.05) is 43.3 Å². The highest BCUT2D eigenvalue weighted by Gasteiger charge is 2.17. The Morgan fingerprint density at radius 3 is 2.55 bits per heavy atom. The van der Waals surface area contributed by atoms with E-state index in [4.69, 9.17) is 21.1 Å². The standard InChI is InChI=1S/C26H22ClFN2O3/c1-17(18-8-4-3-5-9-18)30-26(31)20(15-29)14-19-10-6-13-24(32-2)25(19)33-16-21-22(27)11-7-12-23(21)28/h3-14,17H,16H2,1-2H3,(H,30,31). The number of para-hydroxylation sites is 1. The van der Waals surface area contributed by atoms with Gasteiger partial charge in [-0.1, -0.05) is 60.1 Å². The van der Waals surface area contributed by atoms with Crippen molar-refractivity contribution >= 4 is 23.6 Å². The first-order valence-electron chi connectivity index (χ1n) is 10.1. The van der Waals surface area contributed by atoms with E-state index < -0.39 is 11.7 Å². The number of nitriles is 1. The molecule has 0 aliphatic rings. The van der Waals surface area contributed by atoms with Gasteiger partial charge in [0.15, 0.2) is 11.5 Å². The molecule has 1 unspecified atom stereocenters. The monoisotopic (exact) mass is 464 g/mol. The van der Waals surface area contributed by atoms with E-state index >= 15 is 0 Å². The predicted octanol–water partition coefficient (Wildman–Crippen LogP) is 5.85. The largest absolute Gasteiger partial charge is 0.493 e. The Bertz CT molecular complexity index is 1190. The van der Waals surface area contributed by atoms with E-state index in [2.05, 4.69) is 5.32 Å². The number of ether oxygens (including phenoxy) is 2. The number of carbonyl (C=O) groups excluding carboxylic acids is 1. The van der Waals surface area contributed by atoms with Crippen LogP contribution in [-0.2, 0) is 11.4 Å². The number of hydrogen-bond donors (Lipinski definition) is 1. The minimum absolute atomic E-state index is 0.111. The summed E-state index contributed by atoms with van der Waals surface area (Å²) in [5.41, 5.74) is 1.42. The second-order valence-electron chi connectivity index (χ2n) is 7.14. The van der Waals surface area contributed by atoms with Crippen LogP contribution in [0.25, 0.3) is 6.08 Å². The molecular weight excluding hydrogens is 443 g/mol. The zero-order valence-electron chi connectivity index (χ0n) is 18.1. The molecule has 33 heavy (non-hydrogen) atoms. The second kappa shape index (κ2) is 11.2. The summed E-state index contributed by atoms with van der Waals surface area (Å²) in [5.74, 6) is -0.399. The van der Waals surface area contributed by atoms with Gasteiger partial charge in [0.05, 0.1) is 18.2 Å². The first-order valence-corrected chi connectivity index (χ1v) is 10.5. The molecule has 1 N–H and O–H groups in total. The van der Waals surface area contributed by atoms with E-state index in [1.165, 1.54) is 25.3 Å². The highest BCUT2D eigenvalue weighted by atomic mass is 35.5. The molecule has 1 atom stereocenters. The van der Waals surface area contributed by atoms with Crippen molar-refractivity contribution in [2.45, 2.75) is 19.6 Å². The summed E-state index contributed by atoms with van der Waals surface area (Å²) in [6.45, 7) is 1.67. The quantitative estimate of drug-likeness (QED) is 0.335. The zero-order chi connectivity index (χ0) is 23.8. The van der Waals surface area contributed by atoms with Crippen LogP contribution in [0.4, 0.5) is 4.39 Å². The van der Waals surface area contributed by atoms with E-state index in [0.717, 1.165) is 5.56 Å². The van der Waals surface area contributed by atoms with Crippen molar-refractivity contribution < 1.29 is 18.7 Å². The Hall–Kier alpha value is -3.82. The number of methoxy groups -OCH3 is 1. The molecule has 1 amide bonds. The number of hydrogen-bond acceptors (Lipinski definition) is 4. The summed E-state index contributed by atoms with van der Waals surface area (Å²) in [4.78, 5) is 12.8. The second-order valence-corrected chi connectivity index (χ2v) is 7.55. The summed E-state index contributed by atoms with van der Waals surface area (Å²) < 4.78 is 25.4. The van der Waals surface area contributed by atoms with Crippen LogP contribution in [0.3, 0.4) is 0 Å². The summed E-state index contributed by atoms with van der Waals surface area (Å²) in [6, 6.07) is 20.5.